The summed E-state index contributed by atoms with van der Waals surface area (Å²) >= 11 is 0. The zero-order valence-electron chi connectivity index (χ0n) is 33.0. The molecule has 2 heterocycles. The normalized spacial score (nSPS) is 11.6. The van der Waals surface area contributed by atoms with Crippen molar-refractivity contribution in [3.8, 4) is 44.8 Å². The second kappa shape index (κ2) is 14.3. The first-order valence-electron chi connectivity index (χ1n) is 20.6. The SMILES string of the molecule is c1ccc(-c2cccc(N(c3ccc(-c4ccc5c(c4)oc4ccc6nc(-c7ccccc7)oc6c45)cc3)c3ccc(-c4cc5ccccc5c5ccccc45)cc3)c2)cc1. The molecule has 0 bridgehead atoms. The van der Waals surface area contributed by atoms with Crippen molar-refractivity contribution in [1.82, 2.24) is 4.98 Å². The summed E-state index contributed by atoms with van der Waals surface area (Å²) in [6.07, 6.45) is 0. The van der Waals surface area contributed by atoms with Crippen LogP contribution in [0.2, 0.25) is 0 Å². The molecule has 0 radical (unpaired) electrons. The molecule has 0 spiro atoms. The average Bonchev–Trinajstić information content (AvgIpc) is 3.94. The maximum Gasteiger partial charge on any atom is 0.227 e. The van der Waals surface area contributed by atoms with E-state index in [0.29, 0.717) is 5.89 Å². The largest absolute Gasteiger partial charge is 0.456 e. The smallest absolute Gasteiger partial charge is 0.227 e. The number of benzene rings is 10. The number of anilines is 3. The Morgan fingerprint density at radius 1 is 0.344 bits per heavy atom. The molecule has 0 saturated heterocycles. The third-order valence-electron chi connectivity index (χ3n) is 11.9. The van der Waals surface area contributed by atoms with Crippen LogP contribution in [0, 0.1) is 0 Å². The van der Waals surface area contributed by atoms with Gasteiger partial charge in [-0.1, -0.05) is 140 Å². The highest BCUT2D eigenvalue weighted by atomic mass is 16.4. The molecular weight excluding hydrogens is 745 g/mol. The molecule has 10 aromatic carbocycles. The number of furan rings is 1. The topological polar surface area (TPSA) is 42.4 Å². The van der Waals surface area contributed by atoms with E-state index in [1.54, 1.807) is 0 Å². The minimum absolute atomic E-state index is 0.601. The molecule has 12 aromatic rings. The van der Waals surface area contributed by atoms with Gasteiger partial charge in [-0.15, -0.1) is 0 Å². The third-order valence-corrected chi connectivity index (χ3v) is 11.9. The number of rotatable bonds is 7. The van der Waals surface area contributed by atoms with Crippen molar-refractivity contribution in [3.05, 3.63) is 218 Å². The second-order valence-corrected chi connectivity index (χ2v) is 15.5. The van der Waals surface area contributed by atoms with Crippen molar-refractivity contribution in [2.75, 3.05) is 4.90 Å². The van der Waals surface area contributed by atoms with E-state index in [2.05, 4.69) is 181 Å². The third kappa shape index (κ3) is 6.04. The fourth-order valence-corrected chi connectivity index (χ4v) is 8.92. The molecule has 286 valence electrons. The highest BCUT2D eigenvalue weighted by Crippen LogP contribution is 2.42. The van der Waals surface area contributed by atoms with E-state index in [9.17, 15) is 0 Å². The first kappa shape index (κ1) is 34.8. The molecule has 61 heavy (non-hydrogen) atoms. The molecule has 0 unspecified atom stereocenters. The summed E-state index contributed by atoms with van der Waals surface area (Å²) in [5.41, 5.74) is 14.2. The Bertz CT molecular complexity index is 3570. The molecule has 0 fully saturated rings. The van der Waals surface area contributed by atoms with Gasteiger partial charge in [0, 0.05) is 28.0 Å². The lowest BCUT2D eigenvalue weighted by Gasteiger charge is -2.26. The number of oxazole rings is 1. The fraction of sp³-hybridized carbons (Fsp3) is 0. The molecule has 0 atom stereocenters. The predicted octanol–water partition coefficient (Wildman–Crippen LogP) is 16.2. The monoisotopic (exact) mass is 780 g/mol. The van der Waals surface area contributed by atoms with E-state index in [4.69, 9.17) is 13.8 Å². The van der Waals surface area contributed by atoms with Crippen LogP contribution in [-0.2, 0) is 0 Å². The van der Waals surface area contributed by atoms with Crippen molar-refractivity contribution < 1.29 is 8.83 Å². The molecule has 0 aliphatic carbocycles. The van der Waals surface area contributed by atoms with Gasteiger partial charge >= 0.3 is 0 Å². The Labute approximate surface area is 352 Å². The Hall–Kier alpha value is -8.21. The molecule has 0 aliphatic rings. The second-order valence-electron chi connectivity index (χ2n) is 15.5. The van der Waals surface area contributed by atoms with Crippen LogP contribution in [0.15, 0.2) is 227 Å². The number of hydrogen-bond donors (Lipinski definition) is 0. The lowest BCUT2D eigenvalue weighted by molar-refractivity contribution is 0.622. The Morgan fingerprint density at radius 3 is 1.72 bits per heavy atom. The molecule has 0 saturated carbocycles. The highest BCUT2D eigenvalue weighted by Gasteiger charge is 2.19. The van der Waals surface area contributed by atoms with Gasteiger partial charge in [-0.2, -0.15) is 0 Å². The van der Waals surface area contributed by atoms with Gasteiger partial charge in [0.1, 0.15) is 16.7 Å². The van der Waals surface area contributed by atoms with Gasteiger partial charge in [-0.3, -0.25) is 0 Å². The van der Waals surface area contributed by atoms with E-state index in [-0.39, 0.29) is 0 Å². The maximum absolute atomic E-state index is 6.45. The minimum Gasteiger partial charge on any atom is -0.456 e. The fourth-order valence-electron chi connectivity index (χ4n) is 8.92. The molecule has 0 amide bonds. The summed E-state index contributed by atoms with van der Waals surface area (Å²) in [5.74, 6) is 0.601. The van der Waals surface area contributed by atoms with E-state index in [1.807, 2.05) is 42.5 Å². The molecular formula is C57H36N2O2. The zero-order chi connectivity index (χ0) is 40.3. The minimum atomic E-state index is 0.601. The summed E-state index contributed by atoms with van der Waals surface area (Å²) in [4.78, 5) is 7.14. The first-order chi connectivity index (χ1) is 30.2. The molecule has 2 aromatic heterocycles. The summed E-state index contributed by atoms with van der Waals surface area (Å²) in [6, 6.07) is 77.3. The van der Waals surface area contributed by atoms with Gasteiger partial charge in [-0.05, 0) is 134 Å². The average molecular weight is 781 g/mol. The van der Waals surface area contributed by atoms with Gasteiger partial charge in [0.25, 0.3) is 0 Å². The van der Waals surface area contributed by atoms with Crippen molar-refractivity contribution in [2.45, 2.75) is 0 Å². The molecule has 0 N–H and O–H groups in total. The summed E-state index contributed by atoms with van der Waals surface area (Å²) in [7, 11) is 0. The Kier molecular flexibility index (Phi) is 8.13. The van der Waals surface area contributed by atoms with E-state index in [0.717, 1.165) is 72.4 Å². The van der Waals surface area contributed by atoms with Crippen LogP contribution >= 0.6 is 0 Å². The van der Waals surface area contributed by atoms with Crippen molar-refractivity contribution in [1.29, 1.82) is 0 Å². The van der Waals surface area contributed by atoms with Crippen molar-refractivity contribution in [2.24, 2.45) is 0 Å². The number of hydrogen-bond acceptors (Lipinski definition) is 4. The van der Waals surface area contributed by atoms with Gasteiger partial charge in [-0.25, -0.2) is 4.98 Å². The lowest BCUT2D eigenvalue weighted by Crippen LogP contribution is -2.10. The van der Waals surface area contributed by atoms with E-state index < -0.39 is 0 Å². The summed E-state index contributed by atoms with van der Waals surface area (Å²) in [5, 5.41) is 6.97. The van der Waals surface area contributed by atoms with E-state index in [1.165, 1.54) is 38.2 Å². The highest BCUT2D eigenvalue weighted by molar-refractivity contribution is 6.17. The number of aromatic nitrogens is 1. The maximum atomic E-state index is 6.45. The van der Waals surface area contributed by atoms with Gasteiger partial charge < -0.3 is 13.7 Å². The van der Waals surface area contributed by atoms with Crippen LogP contribution in [0.25, 0.3) is 99.4 Å². The standard InChI is InChI=1S/C57H36N2O2/c1-3-12-37(13-4-1)41-17-11-18-46(34-41)59(45-29-24-39(25-30-45)51-35-43-16-7-8-19-47(43)48-20-9-10-21-49(48)51)44-27-22-38(23-28-44)42-26-31-50-54(36-42)60-53-33-32-52-56(55(50)53)61-57(58-52)40-14-5-2-6-15-40/h1-36H. The van der Waals surface area contributed by atoms with E-state index >= 15 is 0 Å². The van der Waals surface area contributed by atoms with Crippen LogP contribution in [0.3, 0.4) is 0 Å². The number of nitrogens with zero attached hydrogens (tertiary/aromatic N) is 2. The van der Waals surface area contributed by atoms with Gasteiger partial charge in [0.05, 0.1) is 5.39 Å². The molecule has 4 nitrogen and oxygen atoms in total. The Balaban J connectivity index is 0.927. The molecule has 0 aliphatic heterocycles. The quantitative estimate of drug-likeness (QED) is 0.151. The van der Waals surface area contributed by atoms with Crippen molar-refractivity contribution in [3.63, 3.8) is 0 Å². The van der Waals surface area contributed by atoms with Crippen LogP contribution in [0.4, 0.5) is 17.1 Å². The first-order valence-corrected chi connectivity index (χ1v) is 20.6. The van der Waals surface area contributed by atoms with Crippen LogP contribution in [0.5, 0.6) is 0 Å². The summed E-state index contributed by atoms with van der Waals surface area (Å²) in [6.45, 7) is 0. The van der Waals surface area contributed by atoms with Crippen molar-refractivity contribution >= 4 is 71.6 Å². The predicted molar refractivity (Wildman–Crippen MR) is 253 cm³/mol. The summed E-state index contributed by atoms with van der Waals surface area (Å²) < 4.78 is 12.8. The van der Waals surface area contributed by atoms with Crippen LogP contribution in [-0.4, -0.2) is 4.98 Å². The number of fused-ring (bicyclic) bond motifs is 8. The van der Waals surface area contributed by atoms with Gasteiger partial charge in [0.15, 0.2) is 5.58 Å². The van der Waals surface area contributed by atoms with Crippen LogP contribution in [0.1, 0.15) is 0 Å². The molecule has 12 rings (SSSR count). The lowest BCUT2D eigenvalue weighted by atomic mass is 9.93. The van der Waals surface area contributed by atoms with Crippen LogP contribution < -0.4 is 4.90 Å². The zero-order valence-corrected chi connectivity index (χ0v) is 33.0. The van der Waals surface area contributed by atoms with Gasteiger partial charge in [0.2, 0.25) is 5.89 Å². The Morgan fingerprint density at radius 2 is 0.951 bits per heavy atom. The molecule has 4 heteroatoms.